The number of rotatable bonds is 5. The van der Waals surface area contributed by atoms with Gasteiger partial charge in [-0.25, -0.2) is 9.55 Å². The van der Waals surface area contributed by atoms with Crippen molar-refractivity contribution in [2.45, 2.75) is 0 Å². The zero-order chi connectivity index (χ0) is 37.2. The summed E-state index contributed by atoms with van der Waals surface area (Å²) < 4.78 is 3.81. The van der Waals surface area contributed by atoms with E-state index in [4.69, 9.17) is 19.9 Å². The molecule has 0 unspecified atom stereocenters. The number of para-hydroxylation sites is 2. The Morgan fingerprint density at radius 3 is 1.52 bits per heavy atom. The second kappa shape index (κ2) is 12.7. The SMILES string of the molecule is O=c1nc2n(-c3nc(-c4ccccc4)nc(-c4ccccc4)n3)c3ccccc3n2cc1-c1cccc(-c2ccc3c4ccccc4c4ccccc4c3c2)c1. The monoisotopic (exact) mass is 718 g/mol. The van der Waals surface area contributed by atoms with Crippen molar-refractivity contribution in [2.75, 3.05) is 0 Å². The van der Waals surface area contributed by atoms with Gasteiger partial charge in [0.05, 0.1) is 16.6 Å². The highest BCUT2D eigenvalue weighted by atomic mass is 16.1. The van der Waals surface area contributed by atoms with Crippen LogP contribution in [-0.4, -0.2) is 28.9 Å². The van der Waals surface area contributed by atoms with Crippen LogP contribution in [0.25, 0.3) is 100 Å². The summed E-state index contributed by atoms with van der Waals surface area (Å²) in [4.78, 5) is 33.7. The van der Waals surface area contributed by atoms with Crippen LogP contribution < -0.4 is 5.56 Å². The summed E-state index contributed by atoms with van der Waals surface area (Å²) in [5, 5.41) is 7.35. The Morgan fingerprint density at radius 2 is 0.875 bits per heavy atom. The molecule has 0 N–H and O–H groups in total. The minimum absolute atomic E-state index is 0.345. The highest BCUT2D eigenvalue weighted by Gasteiger charge is 2.20. The first kappa shape index (κ1) is 31.7. The topological polar surface area (TPSA) is 78.0 Å². The third-order valence-corrected chi connectivity index (χ3v) is 10.6. The smallest absolute Gasteiger partial charge is 0.282 e. The Morgan fingerprint density at radius 1 is 0.375 bits per heavy atom. The van der Waals surface area contributed by atoms with E-state index in [1.807, 2.05) is 112 Å². The molecule has 0 amide bonds. The number of hydrogen-bond donors (Lipinski definition) is 0. The van der Waals surface area contributed by atoms with Crippen LogP contribution in [0.5, 0.6) is 0 Å². The Hall–Kier alpha value is -7.77. The van der Waals surface area contributed by atoms with Crippen LogP contribution in [0, 0.1) is 0 Å². The molecule has 8 aromatic carbocycles. The van der Waals surface area contributed by atoms with Gasteiger partial charge >= 0.3 is 0 Å². The van der Waals surface area contributed by atoms with Gasteiger partial charge in [-0.2, -0.15) is 15.0 Å². The van der Waals surface area contributed by atoms with Gasteiger partial charge in [0, 0.05) is 17.3 Å². The normalized spacial score (nSPS) is 11.6. The molecule has 0 radical (unpaired) electrons. The first-order valence-electron chi connectivity index (χ1n) is 18.5. The molecule has 3 aromatic heterocycles. The Kier molecular flexibility index (Phi) is 7.18. The van der Waals surface area contributed by atoms with Crippen LogP contribution in [0.1, 0.15) is 0 Å². The number of imidazole rings is 1. The Labute approximate surface area is 320 Å². The van der Waals surface area contributed by atoms with Crippen molar-refractivity contribution >= 4 is 49.1 Å². The lowest BCUT2D eigenvalue weighted by Crippen LogP contribution is -2.14. The molecule has 0 bridgehead atoms. The van der Waals surface area contributed by atoms with Crippen molar-refractivity contribution < 1.29 is 0 Å². The average Bonchev–Trinajstić information content (AvgIpc) is 3.59. The molecule has 7 nitrogen and oxygen atoms in total. The van der Waals surface area contributed by atoms with Crippen LogP contribution in [0.3, 0.4) is 0 Å². The van der Waals surface area contributed by atoms with Crippen molar-refractivity contribution in [3.8, 4) is 51.0 Å². The lowest BCUT2D eigenvalue weighted by Gasteiger charge is -2.12. The fourth-order valence-electron chi connectivity index (χ4n) is 7.99. The van der Waals surface area contributed by atoms with Gasteiger partial charge in [-0.1, -0.05) is 152 Å². The van der Waals surface area contributed by atoms with Crippen LogP contribution in [0.4, 0.5) is 0 Å². The van der Waals surface area contributed by atoms with Gasteiger partial charge in [-0.05, 0) is 73.3 Å². The second-order valence-corrected chi connectivity index (χ2v) is 13.9. The van der Waals surface area contributed by atoms with Gasteiger partial charge in [-0.15, -0.1) is 0 Å². The maximum Gasteiger partial charge on any atom is 0.282 e. The molecule has 262 valence electrons. The van der Waals surface area contributed by atoms with E-state index < -0.39 is 0 Å². The molecule has 0 spiro atoms. The number of hydrogen-bond acceptors (Lipinski definition) is 5. The zero-order valence-corrected chi connectivity index (χ0v) is 29.9. The Bertz CT molecular complexity index is 3300. The van der Waals surface area contributed by atoms with E-state index in [0.29, 0.717) is 28.9 Å². The maximum atomic E-state index is 14.2. The van der Waals surface area contributed by atoms with E-state index in [1.54, 1.807) is 0 Å². The molecule has 0 fully saturated rings. The van der Waals surface area contributed by atoms with Gasteiger partial charge in [0.25, 0.3) is 5.56 Å². The standard InChI is InChI=1S/C49H30N6O/c56-47-42(35-19-13-18-33(28-35)34-26-27-40-38-22-8-7-20-36(38)37-21-9-10-23-39(37)41(40)29-34)30-54-43-24-11-12-25-44(43)55(49(54)53-47)48-51-45(31-14-3-1-4-15-31)50-46(52-48)32-16-5-2-6-17-32/h1-30H. The second-order valence-electron chi connectivity index (χ2n) is 13.9. The largest absolute Gasteiger partial charge is 0.284 e. The molecule has 3 heterocycles. The zero-order valence-electron chi connectivity index (χ0n) is 29.9. The quantitative estimate of drug-likeness (QED) is 0.166. The minimum atomic E-state index is -0.345. The van der Waals surface area contributed by atoms with Crippen molar-refractivity contribution in [1.29, 1.82) is 0 Å². The number of aromatic nitrogens is 6. The van der Waals surface area contributed by atoms with Crippen molar-refractivity contribution in [3.05, 3.63) is 192 Å². The molecule has 0 saturated heterocycles. The molecule has 11 aromatic rings. The van der Waals surface area contributed by atoms with Crippen molar-refractivity contribution in [1.82, 2.24) is 28.9 Å². The molecule has 0 aliphatic heterocycles. The first-order chi connectivity index (χ1) is 27.7. The van der Waals surface area contributed by atoms with Crippen LogP contribution in [-0.2, 0) is 0 Å². The van der Waals surface area contributed by atoms with E-state index in [-0.39, 0.29) is 5.56 Å². The summed E-state index contributed by atoms with van der Waals surface area (Å²) in [6, 6.07) is 59.7. The fourth-order valence-corrected chi connectivity index (χ4v) is 7.99. The van der Waals surface area contributed by atoms with Crippen LogP contribution in [0.15, 0.2) is 187 Å². The summed E-state index contributed by atoms with van der Waals surface area (Å²) in [6.45, 7) is 0. The summed E-state index contributed by atoms with van der Waals surface area (Å²) in [6.07, 6.45) is 1.89. The van der Waals surface area contributed by atoms with Gasteiger partial charge < -0.3 is 0 Å². The summed E-state index contributed by atoms with van der Waals surface area (Å²) in [5.74, 6) is 1.83. The predicted octanol–water partition coefficient (Wildman–Crippen LogP) is 11.0. The molecular formula is C49H30N6O. The summed E-state index contributed by atoms with van der Waals surface area (Å²) >= 11 is 0. The van der Waals surface area contributed by atoms with Crippen LogP contribution >= 0.6 is 0 Å². The average molecular weight is 719 g/mol. The minimum Gasteiger partial charge on any atom is -0.284 e. The lowest BCUT2D eigenvalue weighted by atomic mass is 9.91. The third kappa shape index (κ3) is 5.10. The fraction of sp³-hybridized carbons (Fsp3) is 0. The molecule has 11 rings (SSSR count). The molecule has 7 heteroatoms. The van der Waals surface area contributed by atoms with E-state index in [2.05, 4.69) is 78.9 Å². The van der Waals surface area contributed by atoms with Crippen molar-refractivity contribution in [3.63, 3.8) is 0 Å². The van der Waals surface area contributed by atoms with Gasteiger partial charge in [-0.3, -0.25) is 9.20 Å². The maximum absolute atomic E-state index is 14.2. The van der Waals surface area contributed by atoms with E-state index in [0.717, 1.165) is 38.9 Å². The van der Waals surface area contributed by atoms with Crippen LogP contribution in [0.2, 0.25) is 0 Å². The lowest BCUT2D eigenvalue weighted by molar-refractivity contribution is 0.922. The van der Waals surface area contributed by atoms with E-state index in [1.165, 1.54) is 32.3 Å². The molecule has 56 heavy (non-hydrogen) atoms. The molecule has 0 aliphatic rings. The molecular weight excluding hydrogens is 689 g/mol. The Balaban J connectivity index is 1.08. The van der Waals surface area contributed by atoms with Gasteiger partial charge in [0.1, 0.15) is 0 Å². The third-order valence-electron chi connectivity index (χ3n) is 10.6. The van der Waals surface area contributed by atoms with Crippen molar-refractivity contribution in [2.24, 2.45) is 0 Å². The molecule has 0 atom stereocenters. The van der Waals surface area contributed by atoms with Gasteiger partial charge in [0.2, 0.25) is 11.7 Å². The summed E-state index contributed by atoms with van der Waals surface area (Å²) in [5.41, 5.74) is 6.41. The number of fused-ring (bicyclic) bond motifs is 9. The highest BCUT2D eigenvalue weighted by molar-refractivity contribution is 6.25. The first-order valence-corrected chi connectivity index (χ1v) is 18.5. The predicted molar refractivity (Wildman–Crippen MR) is 226 cm³/mol. The van der Waals surface area contributed by atoms with E-state index in [9.17, 15) is 4.79 Å². The number of nitrogens with zero attached hydrogens (tertiary/aromatic N) is 6. The molecule has 0 saturated carbocycles. The molecule has 0 aliphatic carbocycles. The summed E-state index contributed by atoms with van der Waals surface area (Å²) in [7, 11) is 0. The van der Waals surface area contributed by atoms with E-state index >= 15 is 0 Å². The van der Waals surface area contributed by atoms with Gasteiger partial charge in [0.15, 0.2) is 11.6 Å². The number of benzene rings is 8. The highest BCUT2D eigenvalue weighted by Crippen LogP contribution is 2.38.